The SMILES string of the molecule is O=C1[C@@H]2[C@H](C(=O)N1CCN1CCN(Cc3ccc([N+](=O)[O-])cc3)CC1)[C@H]1C=C[C@H]2C1. The summed E-state index contributed by atoms with van der Waals surface area (Å²) in [4.78, 5) is 42.1. The smallest absolute Gasteiger partial charge is 0.269 e. The van der Waals surface area contributed by atoms with Crippen LogP contribution in [0.5, 0.6) is 0 Å². The van der Waals surface area contributed by atoms with Gasteiger partial charge in [0.25, 0.3) is 5.69 Å². The molecule has 8 nitrogen and oxygen atoms in total. The lowest BCUT2D eigenvalue weighted by Gasteiger charge is -2.35. The number of imide groups is 1. The van der Waals surface area contributed by atoms with Crippen LogP contribution in [-0.4, -0.2) is 70.7 Å². The Balaban J connectivity index is 1.09. The van der Waals surface area contributed by atoms with E-state index in [0.29, 0.717) is 6.54 Å². The Morgan fingerprint density at radius 1 is 0.867 bits per heavy atom. The van der Waals surface area contributed by atoms with Gasteiger partial charge in [0.05, 0.1) is 16.8 Å². The number of benzene rings is 1. The molecule has 2 aliphatic heterocycles. The predicted molar refractivity (Wildman–Crippen MR) is 109 cm³/mol. The summed E-state index contributed by atoms with van der Waals surface area (Å²) >= 11 is 0. The van der Waals surface area contributed by atoms with E-state index >= 15 is 0 Å². The minimum atomic E-state index is -0.382. The van der Waals surface area contributed by atoms with Crippen molar-refractivity contribution in [1.29, 1.82) is 0 Å². The number of amides is 2. The van der Waals surface area contributed by atoms with Gasteiger partial charge in [-0.05, 0) is 23.8 Å². The second kappa shape index (κ2) is 7.59. The molecule has 0 unspecified atom stereocenters. The summed E-state index contributed by atoms with van der Waals surface area (Å²) in [6.07, 6.45) is 5.23. The predicted octanol–water partition coefficient (Wildman–Crippen LogP) is 1.52. The topological polar surface area (TPSA) is 87.0 Å². The van der Waals surface area contributed by atoms with Gasteiger partial charge in [-0.3, -0.25) is 34.4 Å². The fourth-order valence-electron chi connectivity index (χ4n) is 5.58. The molecule has 4 atom stereocenters. The van der Waals surface area contributed by atoms with E-state index in [-0.39, 0.29) is 46.1 Å². The molecule has 2 heterocycles. The maximum atomic E-state index is 12.8. The van der Waals surface area contributed by atoms with Crippen molar-refractivity contribution in [2.75, 3.05) is 39.3 Å². The number of piperazine rings is 1. The van der Waals surface area contributed by atoms with Crippen LogP contribution in [0.3, 0.4) is 0 Å². The molecule has 0 radical (unpaired) electrons. The monoisotopic (exact) mass is 410 g/mol. The minimum Gasteiger partial charge on any atom is -0.299 e. The van der Waals surface area contributed by atoms with Crippen LogP contribution >= 0.6 is 0 Å². The van der Waals surface area contributed by atoms with Gasteiger partial charge in [0, 0.05) is 57.9 Å². The van der Waals surface area contributed by atoms with Crippen molar-refractivity contribution in [3.63, 3.8) is 0 Å². The van der Waals surface area contributed by atoms with Crippen LogP contribution < -0.4 is 0 Å². The number of hydrogen-bond acceptors (Lipinski definition) is 6. The highest BCUT2D eigenvalue weighted by Crippen LogP contribution is 2.52. The molecule has 0 N–H and O–H groups in total. The van der Waals surface area contributed by atoms with Crippen LogP contribution in [0.25, 0.3) is 0 Å². The molecule has 1 aromatic rings. The molecule has 0 aromatic heterocycles. The standard InChI is InChI=1S/C22H26N4O4/c27-21-19-16-3-4-17(13-16)20(19)22(28)25(21)12-11-23-7-9-24(10-8-23)14-15-1-5-18(6-2-15)26(29)30/h1-6,16-17,19-20H,7-14H2/t16-,17-,19-,20+/m0/s1. The number of nitro groups is 1. The largest absolute Gasteiger partial charge is 0.299 e. The van der Waals surface area contributed by atoms with Gasteiger partial charge in [-0.1, -0.05) is 24.3 Å². The molecule has 5 rings (SSSR count). The van der Waals surface area contributed by atoms with E-state index < -0.39 is 0 Å². The van der Waals surface area contributed by atoms with E-state index in [4.69, 9.17) is 0 Å². The lowest BCUT2D eigenvalue weighted by Crippen LogP contribution is -2.48. The first kappa shape index (κ1) is 19.4. The minimum absolute atomic E-state index is 0.0404. The molecular weight excluding hydrogens is 384 g/mol. The summed E-state index contributed by atoms with van der Waals surface area (Å²) < 4.78 is 0. The van der Waals surface area contributed by atoms with E-state index in [2.05, 4.69) is 22.0 Å². The lowest BCUT2D eigenvalue weighted by molar-refractivity contribution is -0.384. The van der Waals surface area contributed by atoms with Gasteiger partial charge in [-0.25, -0.2) is 0 Å². The molecule has 2 amide bonds. The molecule has 4 aliphatic rings. The van der Waals surface area contributed by atoms with Crippen LogP contribution in [-0.2, 0) is 16.1 Å². The summed E-state index contributed by atoms with van der Waals surface area (Å²) in [5.41, 5.74) is 1.18. The van der Waals surface area contributed by atoms with Crippen LogP contribution in [0.2, 0.25) is 0 Å². The number of fused-ring (bicyclic) bond motifs is 5. The summed E-state index contributed by atoms with van der Waals surface area (Å²) in [5.74, 6) is 0.406. The van der Waals surface area contributed by atoms with Crippen molar-refractivity contribution in [1.82, 2.24) is 14.7 Å². The number of rotatable bonds is 6. The summed E-state index contributed by atoms with van der Waals surface area (Å²) in [7, 11) is 0. The Bertz CT molecular complexity index is 861. The third kappa shape index (κ3) is 3.33. The van der Waals surface area contributed by atoms with Gasteiger partial charge in [0.1, 0.15) is 0 Å². The zero-order valence-electron chi connectivity index (χ0n) is 16.9. The van der Waals surface area contributed by atoms with Crippen molar-refractivity contribution in [2.45, 2.75) is 13.0 Å². The highest BCUT2D eigenvalue weighted by Gasteiger charge is 2.59. The van der Waals surface area contributed by atoms with Crippen molar-refractivity contribution >= 4 is 17.5 Å². The molecule has 2 bridgehead atoms. The summed E-state index contributed by atoms with van der Waals surface area (Å²) in [5, 5.41) is 10.8. The highest BCUT2D eigenvalue weighted by molar-refractivity contribution is 6.06. The molecule has 2 saturated heterocycles. The van der Waals surface area contributed by atoms with Crippen molar-refractivity contribution < 1.29 is 14.5 Å². The summed E-state index contributed by atoms with van der Waals surface area (Å²) in [6, 6.07) is 6.72. The Hall–Kier alpha value is -2.58. The Morgan fingerprint density at radius 3 is 2.00 bits per heavy atom. The lowest BCUT2D eigenvalue weighted by atomic mass is 9.85. The molecule has 1 saturated carbocycles. The Labute approximate surface area is 175 Å². The maximum Gasteiger partial charge on any atom is 0.269 e. The molecule has 1 aromatic carbocycles. The van der Waals surface area contributed by atoms with Gasteiger partial charge in [-0.15, -0.1) is 0 Å². The second-order valence-electron chi connectivity index (χ2n) is 8.87. The third-order valence-electron chi connectivity index (χ3n) is 7.22. The van der Waals surface area contributed by atoms with Crippen LogP contribution in [0.1, 0.15) is 12.0 Å². The van der Waals surface area contributed by atoms with Gasteiger partial charge < -0.3 is 0 Å². The number of nitro benzene ring substituents is 1. The number of nitrogens with zero attached hydrogens (tertiary/aromatic N) is 4. The number of carbonyl (C=O) groups is 2. The number of carbonyl (C=O) groups excluding carboxylic acids is 2. The first-order valence-electron chi connectivity index (χ1n) is 10.7. The average molecular weight is 410 g/mol. The quantitative estimate of drug-likeness (QED) is 0.306. The Kier molecular flexibility index (Phi) is 4.91. The first-order valence-corrected chi connectivity index (χ1v) is 10.7. The molecule has 0 spiro atoms. The molecule has 158 valence electrons. The van der Waals surface area contributed by atoms with Gasteiger partial charge >= 0.3 is 0 Å². The number of likely N-dealkylation sites (tertiary alicyclic amines) is 1. The normalized spacial score (nSPS) is 31.0. The zero-order chi connectivity index (χ0) is 20.8. The molecule has 8 heteroatoms. The third-order valence-corrected chi connectivity index (χ3v) is 7.22. The molecule has 2 aliphatic carbocycles. The van der Waals surface area contributed by atoms with E-state index in [0.717, 1.165) is 51.3 Å². The first-order chi connectivity index (χ1) is 14.5. The highest BCUT2D eigenvalue weighted by atomic mass is 16.6. The van der Waals surface area contributed by atoms with E-state index in [1.165, 1.54) is 4.90 Å². The van der Waals surface area contributed by atoms with Gasteiger partial charge in [-0.2, -0.15) is 0 Å². The van der Waals surface area contributed by atoms with Crippen LogP contribution in [0, 0.1) is 33.8 Å². The van der Waals surface area contributed by atoms with Crippen LogP contribution in [0.15, 0.2) is 36.4 Å². The maximum absolute atomic E-state index is 12.8. The number of hydrogen-bond donors (Lipinski definition) is 0. The van der Waals surface area contributed by atoms with E-state index in [9.17, 15) is 19.7 Å². The summed E-state index contributed by atoms with van der Waals surface area (Å²) in [6.45, 7) is 5.58. The molecule has 30 heavy (non-hydrogen) atoms. The molecular formula is C22H26N4O4. The van der Waals surface area contributed by atoms with Crippen molar-refractivity contribution in [3.05, 3.63) is 52.1 Å². The van der Waals surface area contributed by atoms with Crippen LogP contribution in [0.4, 0.5) is 5.69 Å². The second-order valence-corrected chi connectivity index (χ2v) is 8.87. The molecule has 3 fully saturated rings. The number of allylic oxidation sites excluding steroid dienone is 2. The number of non-ortho nitro benzene ring substituents is 1. The average Bonchev–Trinajstić information content (AvgIpc) is 3.42. The Morgan fingerprint density at radius 2 is 1.43 bits per heavy atom. The fourth-order valence-corrected chi connectivity index (χ4v) is 5.58. The van der Waals surface area contributed by atoms with Gasteiger partial charge in [0.15, 0.2) is 0 Å². The van der Waals surface area contributed by atoms with E-state index in [1.54, 1.807) is 12.1 Å². The fraction of sp³-hybridized carbons (Fsp3) is 0.545. The van der Waals surface area contributed by atoms with Crippen molar-refractivity contribution in [2.24, 2.45) is 23.7 Å². The van der Waals surface area contributed by atoms with E-state index in [1.807, 2.05) is 12.1 Å². The zero-order valence-corrected chi connectivity index (χ0v) is 16.9. The van der Waals surface area contributed by atoms with Crippen molar-refractivity contribution in [3.8, 4) is 0 Å². The van der Waals surface area contributed by atoms with Gasteiger partial charge in [0.2, 0.25) is 11.8 Å².